The molecular formula is C16H22ClN3O5S. The molecule has 2 N–H and O–H groups in total. The third-order valence-electron chi connectivity index (χ3n) is 3.64. The van der Waals surface area contributed by atoms with E-state index < -0.39 is 28.1 Å². The average molecular weight is 404 g/mol. The van der Waals surface area contributed by atoms with Crippen LogP contribution in [-0.4, -0.2) is 56.5 Å². The van der Waals surface area contributed by atoms with Gasteiger partial charge in [-0.05, 0) is 44.5 Å². The highest BCUT2D eigenvalue weighted by atomic mass is 35.5. The van der Waals surface area contributed by atoms with Gasteiger partial charge in [-0.3, -0.25) is 9.59 Å². The molecule has 0 bridgehead atoms. The van der Waals surface area contributed by atoms with Crippen molar-refractivity contribution in [3.8, 4) is 0 Å². The number of ether oxygens (including phenoxy) is 1. The topological polar surface area (TPSA) is 105 Å². The molecule has 1 aliphatic rings. The first kappa shape index (κ1) is 20.6. The summed E-state index contributed by atoms with van der Waals surface area (Å²) in [6.07, 6.45) is -0.356. The second kappa shape index (κ2) is 8.81. The molecule has 1 aromatic carbocycles. The first-order valence-electron chi connectivity index (χ1n) is 8.19. The van der Waals surface area contributed by atoms with E-state index in [1.807, 2.05) is 0 Å². The minimum absolute atomic E-state index is 0.0845. The summed E-state index contributed by atoms with van der Waals surface area (Å²) in [5.41, 5.74) is 0. The van der Waals surface area contributed by atoms with Crippen LogP contribution in [0.5, 0.6) is 0 Å². The van der Waals surface area contributed by atoms with Gasteiger partial charge >= 0.3 is 11.8 Å². The number of amides is 2. The largest absolute Gasteiger partial charge is 0.360 e. The van der Waals surface area contributed by atoms with Gasteiger partial charge in [0.1, 0.15) is 6.23 Å². The number of benzene rings is 1. The molecule has 144 valence electrons. The fourth-order valence-corrected chi connectivity index (χ4v) is 4.12. The molecule has 0 aliphatic carbocycles. The zero-order valence-electron chi connectivity index (χ0n) is 14.6. The molecule has 1 atom stereocenters. The van der Waals surface area contributed by atoms with E-state index in [1.165, 1.54) is 28.6 Å². The van der Waals surface area contributed by atoms with E-state index in [1.54, 1.807) is 13.8 Å². The van der Waals surface area contributed by atoms with Crippen molar-refractivity contribution in [2.75, 3.05) is 19.7 Å². The monoisotopic (exact) mass is 403 g/mol. The van der Waals surface area contributed by atoms with Crippen LogP contribution in [0.3, 0.4) is 0 Å². The second-order valence-corrected chi connectivity index (χ2v) is 8.41. The maximum absolute atomic E-state index is 12.8. The normalized spacial score (nSPS) is 18.5. The molecule has 1 heterocycles. The zero-order valence-corrected chi connectivity index (χ0v) is 16.1. The molecular weight excluding hydrogens is 382 g/mol. The SMILES string of the molecule is CC(C)NC(=O)C(=O)NC[C@H]1OCCCN1S(=O)(=O)c1ccc(Cl)cc1. The highest BCUT2D eigenvalue weighted by molar-refractivity contribution is 7.89. The Kier molecular flexibility index (Phi) is 6.99. The van der Waals surface area contributed by atoms with Crippen LogP contribution < -0.4 is 10.6 Å². The van der Waals surface area contributed by atoms with E-state index in [0.717, 1.165) is 0 Å². The van der Waals surface area contributed by atoms with Gasteiger partial charge in [0.25, 0.3) is 0 Å². The summed E-state index contributed by atoms with van der Waals surface area (Å²) in [5.74, 6) is -1.61. The van der Waals surface area contributed by atoms with Crippen molar-refractivity contribution < 1.29 is 22.7 Å². The summed E-state index contributed by atoms with van der Waals surface area (Å²) < 4.78 is 32.4. The van der Waals surface area contributed by atoms with Gasteiger partial charge in [-0.2, -0.15) is 4.31 Å². The molecule has 8 nitrogen and oxygen atoms in total. The average Bonchev–Trinajstić information content (AvgIpc) is 2.59. The molecule has 0 unspecified atom stereocenters. The van der Waals surface area contributed by atoms with Crippen molar-refractivity contribution >= 4 is 33.4 Å². The lowest BCUT2D eigenvalue weighted by Crippen LogP contribution is -2.53. The molecule has 1 saturated heterocycles. The molecule has 10 heteroatoms. The maximum atomic E-state index is 12.8. The fourth-order valence-electron chi connectivity index (χ4n) is 2.43. The first-order valence-corrected chi connectivity index (χ1v) is 10.0. The number of carbonyl (C=O) groups is 2. The number of sulfonamides is 1. The standard InChI is InChI=1S/C16H22ClN3O5S/c1-11(2)19-16(22)15(21)18-10-14-20(8-3-9-25-14)26(23,24)13-6-4-12(17)5-7-13/h4-7,11,14H,3,8-10H2,1-2H3,(H,18,21)(H,19,22)/t14-/m1/s1. The highest BCUT2D eigenvalue weighted by Crippen LogP contribution is 2.23. The highest BCUT2D eigenvalue weighted by Gasteiger charge is 2.34. The Morgan fingerprint density at radius 3 is 2.54 bits per heavy atom. The Morgan fingerprint density at radius 1 is 1.27 bits per heavy atom. The molecule has 2 amide bonds. The van der Waals surface area contributed by atoms with Gasteiger partial charge in [-0.15, -0.1) is 0 Å². The van der Waals surface area contributed by atoms with Gasteiger partial charge in [0.05, 0.1) is 18.0 Å². The van der Waals surface area contributed by atoms with Gasteiger partial charge in [-0.25, -0.2) is 8.42 Å². The summed E-state index contributed by atoms with van der Waals surface area (Å²) in [6.45, 7) is 3.96. The van der Waals surface area contributed by atoms with Crippen molar-refractivity contribution in [3.05, 3.63) is 29.3 Å². The molecule has 2 rings (SSSR count). The third kappa shape index (κ3) is 5.16. The second-order valence-electron chi connectivity index (χ2n) is 6.09. The van der Waals surface area contributed by atoms with Crippen LogP contribution >= 0.6 is 11.6 Å². The van der Waals surface area contributed by atoms with Crippen LogP contribution in [0.2, 0.25) is 5.02 Å². The van der Waals surface area contributed by atoms with E-state index in [-0.39, 0.29) is 24.0 Å². The molecule has 0 spiro atoms. The number of carbonyl (C=O) groups excluding carboxylic acids is 2. The number of hydrogen-bond acceptors (Lipinski definition) is 5. The Labute approximate surface area is 157 Å². The minimum Gasteiger partial charge on any atom is -0.360 e. The van der Waals surface area contributed by atoms with Crippen LogP contribution in [0.25, 0.3) is 0 Å². The van der Waals surface area contributed by atoms with Crippen LogP contribution in [0.15, 0.2) is 29.2 Å². The minimum atomic E-state index is -3.82. The van der Waals surface area contributed by atoms with E-state index in [2.05, 4.69) is 10.6 Å². The molecule has 1 aromatic rings. The van der Waals surface area contributed by atoms with Crippen molar-refractivity contribution in [2.45, 2.75) is 37.4 Å². The van der Waals surface area contributed by atoms with E-state index >= 15 is 0 Å². The van der Waals surface area contributed by atoms with Gasteiger partial charge in [0, 0.05) is 17.6 Å². The van der Waals surface area contributed by atoms with Crippen LogP contribution in [-0.2, 0) is 24.3 Å². The molecule has 1 aliphatic heterocycles. The van der Waals surface area contributed by atoms with Crippen LogP contribution in [0.4, 0.5) is 0 Å². The lowest BCUT2D eigenvalue weighted by molar-refractivity contribution is -0.140. The predicted molar refractivity (Wildman–Crippen MR) is 96.0 cm³/mol. The van der Waals surface area contributed by atoms with Gasteiger partial charge in [0.15, 0.2) is 0 Å². The van der Waals surface area contributed by atoms with Crippen molar-refractivity contribution in [1.82, 2.24) is 14.9 Å². The number of hydrogen-bond donors (Lipinski definition) is 2. The number of rotatable bonds is 5. The van der Waals surface area contributed by atoms with Gasteiger partial charge in [-0.1, -0.05) is 11.6 Å². The maximum Gasteiger partial charge on any atom is 0.309 e. The van der Waals surface area contributed by atoms with Crippen LogP contribution in [0, 0.1) is 0 Å². The summed E-state index contributed by atoms with van der Waals surface area (Å²) in [5, 5.41) is 5.31. The molecule has 0 radical (unpaired) electrons. The lowest BCUT2D eigenvalue weighted by atomic mass is 10.3. The Bertz CT molecular complexity index is 752. The lowest BCUT2D eigenvalue weighted by Gasteiger charge is -2.34. The Hall–Kier alpha value is -1.68. The Morgan fingerprint density at radius 2 is 1.92 bits per heavy atom. The summed E-state index contributed by atoms with van der Waals surface area (Å²) in [4.78, 5) is 23.6. The fraction of sp³-hybridized carbons (Fsp3) is 0.500. The van der Waals surface area contributed by atoms with E-state index in [9.17, 15) is 18.0 Å². The molecule has 1 fully saturated rings. The van der Waals surface area contributed by atoms with Crippen LogP contribution in [0.1, 0.15) is 20.3 Å². The Balaban J connectivity index is 2.08. The zero-order chi connectivity index (χ0) is 19.3. The summed E-state index contributed by atoms with van der Waals surface area (Å²) in [7, 11) is -3.82. The van der Waals surface area contributed by atoms with Gasteiger partial charge < -0.3 is 15.4 Å². The molecule has 0 saturated carbocycles. The molecule has 26 heavy (non-hydrogen) atoms. The number of nitrogens with one attached hydrogen (secondary N) is 2. The third-order valence-corrected chi connectivity index (χ3v) is 5.79. The summed E-state index contributed by atoms with van der Waals surface area (Å²) in [6, 6.07) is 5.63. The summed E-state index contributed by atoms with van der Waals surface area (Å²) >= 11 is 5.81. The van der Waals surface area contributed by atoms with E-state index in [0.29, 0.717) is 18.1 Å². The first-order chi connectivity index (χ1) is 12.2. The molecule has 0 aromatic heterocycles. The number of halogens is 1. The number of nitrogens with zero attached hydrogens (tertiary/aromatic N) is 1. The van der Waals surface area contributed by atoms with E-state index in [4.69, 9.17) is 16.3 Å². The quantitative estimate of drug-likeness (QED) is 0.705. The predicted octanol–water partition coefficient (Wildman–Crippen LogP) is 0.718. The smallest absolute Gasteiger partial charge is 0.309 e. The van der Waals surface area contributed by atoms with Crippen molar-refractivity contribution in [1.29, 1.82) is 0 Å². The van der Waals surface area contributed by atoms with Crippen molar-refractivity contribution in [3.63, 3.8) is 0 Å². The van der Waals surface area contributed by atoms with Crippen molar-refractivity contribution in [2.24, 2.45) is 0 Å². The van der Waals surface area contributed by atoms with Gasteiger partial charge in [0.2, 0.25) is 10.0 Å².